The fraction of sp³-hybridized carbons (Fsp3) is 0.429. The van der Waals surface area contributed by atoms with Crippen molar-refractivity contribution in [1.82, 2.24) is 9.97 Å². The van der Waals surface area contributed by atoms with E-state index < -0.39 is 0 Å². The Bertz CT molecular complexity index is 623. The zero-order chi connectivity index (χ0) is 13.3. The molecule has 1 aromatic carbocycles. The summed E-state index contributed by atoms with van der Waals surface area (Å²) in [6.45, 7) is 6.63. The Morgan fingerprint density at radius 1 is 1.33 bits per heavy atom. The predicted molar refractivity (Wildman–Crippen MR) is 74.6 cm³/mol. The molecule has 4 nitrogen and oxygen atoms in total. The minimum absolute atomic E-state index is 0.162. The summed E-state index contributed by atoms with van der Waals surface area (Å²) in [6, 6.07) is 5.78. The second-order valence-electron chi connectivity index (χ2n) is 5.86. The molecule has 4 heteroatoms. The average molecular weight is 245 g/mol. The second-order valence-corrected chi connectivity index (χ2v) is 5.86. The molecular weight excluding hydrogens is 226 g/mol. The number of fused-ring (bicyclic) bond motifs is 1. The Balaban J connectivity index is 2.36. The summed E-state index contributed by atoms with van der Waals surface area (Å²) in [4.78, 5) is 18.4. The smallest absolute Gasteiger partial charge is 0.260 e. The predicted octanol–water partition coefficient (Wildman–Crippen LogP) is 2.48. The number of aryl methyl sites for hydroxylation is 1. The molecule has 1 heterocycles. The molecule has 0 saturated carbocycles. The van der Waals surface area contributed by atoms with E-state index in [0.29, 0.717) is 16.3 Å². The van der Waals surface area contributed by atoms with Crippen LogP contribution in [0, 0.1) is 5.41 Å². The van der Waals surface area contributed by atoms with Crippen molar-refractivity contribution >= 4 is 16.9 Å². The lowest BCUT2D eigenvalue weighted by Gasteiger charge is -2.17. The van der Waals surface area contributed by atoms with E-state index in [1.165, 1.54) is 0 Å². The van der Waals surface area contributed by atoms with Gasteiger partial charge in [-0.2, -0.15) is 0 Å². The van der Waals surface area contributed by atoms with Gasteiger partial charge in [-0.05, 0) is 36.0 Å². The minimum Gasteiger partial charge on any atom is -0.369 e. The quantitative estimate of drug-likeness (QED) is 0.853. The molecule has 0 aliphatic heterocycles. The van der Waals surface area contributed by atoms with E-state index in [1.807, 2.05) is 18.2 Å². The highest BCUT2D eigenvalue weighted by atomic mass is 16.1. The number of anilines is 1. The van der Waals surface area contributed by atoms with E-state index in [0.717, 1.165) is 18.4 Å². The molecule has 2 rings (SSSR count). The zero-order valence-electron chi connectivity index (χ0n) is 11.1. The first-order valence-electron chi connectivity index (χ1n) is 6.14. The van der Waals surface area contributed by atoms with E-state index >= 15 is 0 Å². The van der Waals surface area contributed by atoms with Crippen molar-refractivity contribution in [2.24, 2.45) is 5.41 Å². The van der Waals surface area contributed by atoms with Crippen molar-refractivity contribution in [3.05, 3.63) is 34.1 Å². The van der Waals surface area contributed by atoms with Crippen molar-refractivity contribution in [3.63, 3.8) is 0 Å². The number of nitrogens with zero attached hydrogens (tertiary/aromatic N) is 1. The van der Waals surface area contributed by atoms with Crippen LogP contribution in [0.15, 0.2) is 23.0 Å². The fourth-order valence-electron chi connectivity index (χ4n) is 1.88. The average Bonchev–Trinajstić information content (AvgIpc) is 2.25. The summed E-state index contributed by atoms with van der Waals surface area (Å²) in [5, 5.41) is 0.607. The van der Waals surface area contributed by atoms with Gasteiger partial charge in [0.1, 0.15) is 0 Å². The molecule has 0 fully saturated rings. The highest BCUT2D eigenvalue weighted by Crippen LogP contribution is 2.22. The van der Waals surface area contributed by atoms with Crippen molar-refractivity contribution in [1.29, 1.82) is 0 Å². The van der Waals surface area contributed by atoms with Gasteiger partial charge in [-0.25, -0.2) is 4.98 Å². The summed E-state index contributed by atoms with van der Waals surface area (Å²) < 4.78 is 0. The largest absolute Gasteiger partial charge is 0.369 e. The van der Waals surface area contributed by atoms with Gasteiger partial charge in [-0.15, -0.1) is 0 Å². The number of nitrogens with two attached hydrogens (primary N) is 1. The summed E-state index contributed by atoms with van der Waals surface area (Å²) in [5.74, 6) is 0.162. The first-order valence-corrected chi connectivity index (χ1v) is 6.14. The first kappa shape index (κ1) is 12.6. The molecule has 1 aromatic heterocycles. The number of H-pyrrole nitrogens is 1. The first-order chi connectivity index (χ1) is 8.35. The minimum atomic E-state index is -0.171. The number of hydrogen-bond acceptors (Lipinski definition) is 3. The van der Waals surface area contributed by atoms with Crippen LogP contribution in [0.5, 0.6) is 0 Å². The van der Waals surface area contributed by atoms with E-state index in [9.17, 15) is 4.79 Å². The van der Waals surface area contributed by atoms with Crippen LogP contribution in [-0.2, 0) is 6.42 Å². The number of nitrogens with one attached hydrogen (secondary N) is 1. The van der Waals surface area contributed by atoms with Crippen molar-refractivity contribution < 1.29 is 0 Å². The fourth-order valence-corrected chi connectivity index (χ4v) is 1.88. The number of aromatic amines is 1. The molecule has 0 bridgehead atoms. The SMILES string of the molecule is CC(C)(C)CCc1ccc2nc(N)[nH]c(=O)c2c1. The van der Waals surface area contributed by atoms with Gasteiger partial charge in [0.05, 0.1) is 10.9 Å². The highest BCUT2D eigenvalue weighted by Gasteiger charge is 2.10. The van der Waals surface area contributed by atoms with Gasteiger partial charge in [0.25, 0.3) is 5.56 Å². The maximum Gasteiger partial charge on any atom is 0.260 e. The maximum atomic E-state index is 11.8. The number of benzene rings is 1. The van der Waals surface area contributed by atoms with Crippen LogP contribution in [0.4, 0.5) is 5.95 Å². The molecule has 0 spiro atoms. The molecule has 0 unspecified atom stereocenters. The number of rotatable bonds is 2. The lowest BCUT2D eigenvalue weighted by atomic mass is 9.88. The molecule has 0 amide bonds. The summed E-state index contributed by atoms with van der Waals surface area (Å²) in [7, 11) is 0. The normalized spacial score (nSPS) is 11.9. The molecule has 18 heavy (non-hydrogen) atoms. The monoisotopic (exact) mass is 245 g/mol. The molecule has 0 aliphatic rings. The lowest BCUT2D eigenvalue weighted by Crippen LogP contribution is -2.12. The van der Waals surface area contributed by atoms with Crippen LogP contribution in [0.2, 0.25) is 0 Å². The Labute approximate surface area is 106 Å². The van der Waals surface area contributed by atoms with Crippen LogP contribution in [0.25, 0.3) is 10.9 Å². The van der Waals surface area contributed by atoms with Crippen LogP contribution >= 0.6 is 0 Å². The number of nitrogen functional groups attached to an aromatic ring is 1. The molecule has 0 atom stereocenters. The summed E-state index contributed by atoms with van der Waals surface area (Å²) >= 11 is 0. The summed E-state index contributed by atoms with van der Waals surface area (Å²) in [6.07, 6.45) is 2.04. The van der Waals surface area contributed by atoms with Crippen LogP contribution in [0.3, 0.4) is 0 Å². The number of aromatic nitrogens is 2. The van der Waals surface area contributed by atoms with Gasteiger partial charge < -0.3 is 5.73 Å². The molecule has 2 aromatic rings. The Morgan fingerprint density at radius 3 is 2.72 bits per heavy atom. The zero-order valence-corrected chi connectivity index (χ0v) is 11.1. The number of hydrogen-bond donors (Lipinski definition) is 2. The molecule has 0 radical (unpaired) electrons. The van der Waals surface area contributed by atoms with E-state index in [2.05, 4.69) is 30.7 Å². The Morgan fingerprint density at radius 2 is 2.06 bits per heavy atom. The van der Waals surface area contributed by atoms with Gasteiger partial charge in [-0.3, -0.25) is 9.78 Å². The highest BCUT2D eigenvalue weighted by molar-refractivity contribution is 5.79. The van der Waals surface area contributed by atoms with Gasteiger partial charge in [0.15, 0.2) is 0 Å². The third-order valence-corrected chi connectivity index (χ3v) is 2.95. The van der Waals surface area contributed by atoms with Gasteiger partial charge in [-0.1, -0.05) is 26.8 Å². The molecule has 0 aliphatic carbocycles. The van der Waals surface area contributed by atoms with Gasteiger partial charge >= 0.3 is 0 Å². The van der Waals surface area contributed by atoms with Crippen LogP contribution < -0.4 is 11.3 Å². The second kappa shape index (κ2) is 4.44. The topological polar surface area (TPSA) is 71.8 Å². The van der Waals surface area contributed by atoms with Crippen LogP contribution in [-0.4, -0.2) is 9.97 Å². The van der Waals surface area contributed by atoms with Gasteiger partial charge in [0.2, 0.25) is 5.95 Å². The Kier molecular flexibility index (Phi) is 3.11. The third kappa shape index (κ3) is 2.88. The molecule has 3 N–H and O–H groups in total. The third-order valence-electron chi connectivity index (χ3n) is 2.95. The molecular formula is C14H19N3O. The standard InChI is InChI=1S/C14H19N3O/c1-14(2,3)7-6-9-4-5-11-10(8-9)12(18)17-13(15)16-11/h4-5,8H,6-7H2,1-3H3,(H3,15,16,17,18). The van der Waals surface area contributed by atoms with E-state index in [-0.39, 0.29) is 11.5 Å². The van der Waals surface area contributed by atoms with E-state index in [1.54, 1.807) is 0 Å². The van der Waals surface area contributed by atoms with Crippen LogP contribution in [0.1, 0.15) is 32.8 Å². The van der Waals surface area contributed by atoms with Crippen molar-refractivity contribution in [2.45, 2.75) is 33.6 Å². The van der Waals surface area contributed by atoms with E-state index in [4.69, 9.17) is 5.73 Å². The maximum absolute atomic E-state index is 11.8. The van der Waals surface area contributed by atoms with Crippen molar-refractivity contribution in [3.8, 4) is 0 Å². The summed E-state index contributed by atoms with van der Waals surface area (Å²) in [5.41, 5.74) is 7.44. The van der Waals surface area contributed by atoms with Gasteiger partial charge in [0, 0.05) is 0 Å². The molecule has 0 saturated heterocycles. The lowest BCUT2D eigenvalue weighted by molar-refractivity contribution is 0.378. The Hall–Kier alpha value is -1.84. The van der Waals surface area contributed by atoms with Crippen molar-refractivity contribution in [2.75, 3.05) is 5.73 Å². The molecule has 96 valence electrons.